The number of halogens is 2. The second kappa shape index (κ2) is 8.55. The number of hydrogen-bond donors (Lipinski definition) is 1. The number of carbonyl (C=O) groups is 1. The number of amides is 1. The first-order valence-electron chi connectivity index (χ1n) is 9.16. The summed E-state index contributed by atoms with van der Waals surface area (Å²) in [5.74, 6) is -1.86. The van der Waals surface area contributed by atoms with Gasteiger partial charge in [-0.05, 0) is 42.0 Å². The lowest BCUT2D eigenvalue weighted by Gasteiger charge is -2.07. The van der Waals surface area contributed by atoms with Crippen molar-refractivity contribution in [3.05, 3.63) is 91.7 Å². The molecular weight excluding hydrogens is 443 g/mol. The molecule has 0 aliphatic rings. The smallest absolute Gasteiger partial charge is 0.344 e. The van der Waals surface area contributed by atoms with Gasteiger partial charge < -0.3 is 9.84 Å². The van der Waals surface area contributed by atoms with E-state index in [0.717, 1.165) is 26.9 Å². The maximum absolute atomic E-state index is 13.2. The molecule has 1 N–H and O–H groups in total. The minimum absolute atomic E-state index is 0.159. The van der Waals surface area contributed by atoms with Gasteiger partial charge >= 0.3 is 17.5 Å². The number of benzene rings is 2. The highest BCUT2D eigenvalue weighted by atomic mass is 35.5. The Balaban J connectivity index is 1.63. The number of nitrogens with zero attached hydrogens (tertiary/aromatic N) is 5. The van der Waals surface area contributed by atoms with E-state index in [2.05, 4.69) is 20.6 Å². The van der Waals surface area contributed by atoms with Crippen molar-refractivity contribution in [2.45, 2.75) is 6.54 Å². The lowest BCUT2D eigenvalue weighted by Crippen LogP contribution is -2.40. The van der Waals surface area contributed by atoms with E-state index < -0.39 is 28.9 Å². The van der Waals surface area contributed by atoms with Gasteiger partial charge in [0.25, 0.3) is 5.56 Å². The Hall–Kier alpha value is -4.12. The van der Waals surface area contributed by atoms with Gasteiger partial charge in [-0.15, -0.1) is 0 Å². The van der Waals surface area contributed by atoms with Gasteiger partial charge in [-0.25, -0.2) is 9.18 Å². The van der Waals surface area contributed by atoms with Crippen LogP contribution in [-0.2, 0) is 13.6 Å². The average Bonchev–Trinajstić information content (AvgIpc) is 3.27. The van der Waals surface area contributed by atoms with Gasteiger partial charge in [-0.2, -0.15) is 14.8 Å². The second-order valence-electron chi connectivity index (χ2n) is 6.62. The van der Waals surface area contributed by atoms with Crippen molar-refractivity contribution < 1.29 is 13.7 Å². The molecule has 32 heavy (non-hydrogen) atoms. The Morgan fingerprint density at radius 1 is 1.19 bits per heavy atom. The van der Waals surface area contributed by atoms with Crippen molar-refractivity contribution >= 4 is 17.5 Å². The summed E-state index contributed by atoms with van der Waals surface area (Å²) in [6.45, 7) is 0.159. The third kappa shape index (κ3) is 4.18. The molecule has 4 rings (SSSR count). The molecule has 0 aliphatic carbocycles. The molecule has 162 valence electrons. The Kier molecular flexibility index (Phi) is 5.65. The minimum atomic E-state index is -0.792. The number of aromatic nitrogens is 5. The fraction of sp³-hybridized carbons (Fsp3) is 0.100. The molecule has 0 aliphatic heterocycles. The Morgan fingerprint density at radius 3 is 2.66 bits per heavy atom. The second-order valence-corrected chi connectivity index (χ2v) is 7.06. The van der Waals surface area contributed by atoms with Crippen LogP contribution in [0.15, 0.2) is 62.6 Å². The highest BCUT2D eigenvalue weighted by molar-refractivity contribution is 6.30. The quantitative estimate of drug-likeness (QED) is 0.484. The molecule has 0 saturated heterocycles. The molecule has 2 heterocycles. The van der Waals surface area contributed by atoms with Crippen molar-refractivity contribution in [3.63, 3.8) is 0 Å². The Morgan fingerprint density at radius 2 is 1.94 bits per heavy atom. The van der Waals surface area contributed by atoms with Gasteiger partial charge in [-0.1, -0.05) is 28.9 Å². The van der Waals surface area contributed by atoms with Gasteiger partial charge in [0.05, 0.1) is 5.69 Å². The molecule has 0 bridgehead atoms. The first-order valence-corrected chi connectivity index (χ1v) is 9.54. The van der Waals surface area contributed by atoms with Gasteiger partial charge in [0.15, 0.2) is 5.69 Å². The summed E-state index contributed by atoms with van der Waals surface area (Å²) < 4.78 is 19.9. The third-order valence-corrected chi connectivity index (χ3v) is 4.66. The van der Waals surface area contributed by atoms with Crippen LogP contribution in [-0.4, -0.2) is 30.4 Å². The largest absolute Gasteiger partial charge is 0.351 e. The normalized spacial score (nSPS) is 10.8. The van der Waals surface area contributed by atoms with Crippen LogP contribution in [0.2, 0.25) is 5.02 Å². The third-order valence-electron chi connectivity index (χ3n) is 4.42. The van der Waals surface area contributed by atoms with Crippen LogP contribution in [0.3, 0.4) is 0 Å². The summed E-state index contributed by atoms with van der Waals surface area (Å²) in [7, 11) is 1.24. The number of rotatable bonds is 5. The SMILES string of the molecule is Cn1c(=O)c(-c2noc(C(=O)NCc3cccc(Cl)c3)n2)nn(-c2ccc(F)cc2)c1=O. The number of nitrogens with one attached hydrogen (secondary N) is 1. The van der Waals surface area contributed by atoms with E-state index in [1.54, 1.807) is 24.3 Å². The monoisotopic (exact) mass is 456 g/mol. The lowest BCUT2D eigenvalue weighted by atomic mass is 10.2. The molecule has 12 heteroatoms. The Bertz CT molecular complexity index is 1430. The fourth-order valence-electron chi connectivity index (χ4n) is 2.78. The van der Waals surface area contributed by atoms with Crippen LogP contribution < -0.4 is 16.6 Å². The van der Waals surface area contributed by atoms with Crippen molar-refractivity contribution in [2.75, 3.05) is 0 Å². The van der Waals surface area contributed by atoms with Crippen molar-refractivity contribution in [2.24, 2.45) is 7.05 Å². The fourth-order valence-corrected chi connectivity index (χ4v) is 2.99. The van der Waals surface area contributed by atoms with Gasteiger partial charge in [0.2, 0.25) is 5.82 Å². The first kappa shape index (κ1) is 21.1. The molecule has 0 saturated carbocycles. The first-order chi connectivity index (χ1) is 15.3. The van der Waals surface area contributed by atoms with E-state index >= 15 is 0 Å². The summed E-state index contributed by atoms with van der Waals surface area (Å²) in [6.07, 6.45) is 0. The predicted octanol–water partition coefficient (Wildman–Crippen LogP) is 1.70. The van der Waals surface area contributed by atoms with Crippen molar-refractivity contribution in [3.8, 4) is 17.2 Å². The van der Waals surface area contributed by atoms with Gasteiger partial charge in [0.1, 0.15) is 5.82 Å². The molecule has 0 atom stereocenters. The summed E-state index contributed by atoms with van der Waals surface area (Å²) in [5.41, 5.74) is -0.897. The molecule has 10 nitrogen and oxygen atoms in total. The zero-order valence-electron chi connectivity index (χ0n) is 16.5. The van der Waals surface area contributed by atoms with Crippen LogP contribution in [0.4, 0.5) is 4.39 Å². The van der Waals surface area contributed by atoms with Crippen LogP contribution in [0, 0.1) is 5.82 Å². The molecule has 0 radical (unpaired) electrons. The molecule has 1 amide bonds. The summed E-state index contributed by atoms with van der Waals surface area (Å²) in [6, 6.07) is 11.8. The van der Waals surface area contributed by atoms with Crippen LogP contribution in [0.25, 0.3) is 17.2 Å². The van der Waals surface area contributed by atoms with Gasteiger partial charge in [-0.3, -0.25) is 14.2 Å². The van der Waals surface area contributed by atoms with Crippen molar-refractivity contribution in [1.82, 2.24) is 29.8 Å². The number of carbonyl (C=O) groups excluding carboxylic acids is 1. The zero-order chi connectivity index (χ0) is 22.8. The molecule has 0 spiro atoms. The topological polar surface area (TPSA) is 125 Å². The molecule has 2 aromatic carbocycles. The average molecular weight is 457 g/mol. The van der Waals surface area contributed by atoms with Crippen molar-refractivity contribution in [1.29, 1.82) is 0 Å². The number of hydrogen-bond acceptors (Lipinski definition) is 7. The molecular formula is C20H14ClFN6O4. The molecule has 0 fully saturated rings. The highest BCUT2D eigenvalue weighted by Crippen LogP contribution is 2.12. The van der Waals surface area contributed by atoms with E-state index in [1.807, 2.05) is 0 Å². The predicted molar refractivity (Wildman–Crippen MR) is 111 cm³/mol. The zero-order valence-corrected chi connectivity index (χ0v) is 17.2. The van der Waals surface area contributed by atoms with E-state index in [0.29, 0.717) is 5.02 Å². The maximum Gasteiger partial charge on any atom is 0.351 e. The standard InChI is InChI=1S/C20H14ClFN6O4/c1-27-19(30)15(25-28(20(27)31)14-7-5-13(22)6-8-14)16-24-18(32-26-16)17(29)23-10-11-3-2-4-12(21)9-11/h2-9H,10H2,1H3,(H,23,29). The van der Waals surface area contributed by atoms with E-state index in [1.165, 1.54) is 19.2 Å². The molecule has 0 unspecified atom stereocenters. The molecule has 4 aromatic rings. The van der Waals surface area contributed by atoms with Crippen LogP contribution in [0.1, 0.15) is 16.2 Å². The van der Waals surface area contributed by atoms with E-state index in [4.69, 9.17) is 16.1 Å². The van der Waals surface area contributed by atoms with Crippen LogP contribution >= 0.6 is 11.6 Å². The molecule has 2 aromatic heterocycles. The Labute approximate surface area is 183 Å². The van der Waals surface area contributed by atoms with E-state index in [9.17, 15) is 18.8 Å². The maximum atomic E-state index is 13.2. The lowest BCUT2D eigenvalue weighted by molar-refractivity contribution is 0.0907. The summed E-state index contributed by atoms with van der Waals surface area (Å²) in [4.78, 5) is 41.3. The van der Waals surface area contributed by atoms with Gasteiger partial charge in [0, 0.05) is 18.6 Å². The highest BCUT2D eigenvalue weighted by Gasteiger charge is 2.21. The minimum Gasteiger partial charge on any atom is -0.344 e. The summed E-state index contributed by atoms with van der Waals surface area (Å²) in [5, 5.41) is 10.8. The summed E-state index contributed by atoms with van der Waals surface area (Å²) >= 11 is 5.92. The van der Waals surface area contributed by atoms with E-state index in [-0.39, 0.29) is 23.8 Å². The van der Waals surface area contributed by atoms with Crippen LogP contribution in [0.5, 0.6) is 0 Å².